The van der Waals surface area contributed by atoms with E-state index in [-0.39, 0.29) is 0 Å². The number of halogens is 1. The van der Waals surface area contributed by atoms with Crippen LogP contribution in [0.2, 0.25) is 0 Å². The van der Waals surface area contributed by atoms with Gasteiger partial charge in [0.15, 0.2) is 0 Å². The summed E-state index contributed by atoms with van der Waals surface area (Å²) in [4.78, 5) is 0. The smallest absolute Gasteiger partial charge is 0.118 e. The minimum Gasteiger partial charge on any atom is -0.497 e. The van der Waals surface area contributed by atoms with E-state index in [0.29, 0.717) is 0 Å². The van der Waals surface area contributed by atoms with Crippen molar-refractivity contribution in [1.82, 2.24) is 9.78 Å². The molecule has 0 unspecified atom stereocenters. The molecule has 0 bridgehead atoms. The number of nitrogens with zero attached hydrogens (tertiary/aromatic N) is 2. The number of benzene rings is 3. The molecule has 1 aromatic heterocycles. The fourth-order valence-corrected chi connectivity index (χ4v) is 3.89. The molecule has 3 aromatic carbocycles. The summed E-state index contributed by atoms with van der Waals surface area (Å²) in [5.74, 6) is 0.842. The predicted octanol–water partition coefficient (Wildman–Crippen LogP) is 5.82. The van der Waals surface area contributed by atoms with Gasteiger partial charge in [-0.1, -0.05) is 48.5 Å². The van der Waals surface area contributed by atoms with E-state index < -0.39 is 0 Å². The van der Waals surface area contributed by atoms with Gasteiger partial charge in [-0.2, -0.15) is 5.10 Å². The van der Waals surface area contributed by atoms with Crippen molar-refractivity contribution < 1.29 is 4.74 Å². The van der Waals surface area contributed by atoms with Crippen LogP contribution in [0, 0.1) is 3.57 Å². The van der Waals surface area contributed by atoms with Crippen molar-refractivity contribution in [3.63, 3.8) is 0 Å². The van der Waals surface area contributed by atoms with Gasteiger partial charge in [-0.15, -0.1) is 0 Å². The Bertz CT molecular complexity index is 1010. The fourth-order valence-electron chi connectivity index (χ4n) is 2.93. The number of hydrogen-bond donors (Lipinski definition) is 0. The van der Waals surface area contributed by atoms with Gasteiger partial charge >= 0.3 is 0 Å². The lowest BCUT2D eigenvalue weighted by Gasteiger charge is -2.08. The molecule has 0 aliphatic heterocycles. The van der Waals surface area contributed by atoms with Crippen LogP contribution >= 0.6 is 22.6 Å². The first-order chi connectivity index (χ1) is 12.8. The largest absolute Gasteiger partial charge is 0.497 e. The molecule has 0 aliphatic carbocycles. The summed E-state index contributed by atoms with van der Waals surface area (Å²) >= 11 is 2.40. The van der Waals surface area contributed by atoms with Crippen LogP contribution < -0.4 is 4.74 Å². The average molecular weight is 452 g/mol. The van der Waals surface area contributed by atoms with E-state index in [4.69, 9.17) is 9.84 Å². The Morgan fingerprint density at radius 1 is 0.769 bits per heavy atom. The molecular weight excluding hydrogens is 435 g/mol. The van der Waals surface area contributed by atoms with Gasteiger partial charge in [0, 0.05) is 11.1 Å². The highest BCUT2D eigenvalue weighted by atomic mass is 127. The van der Waals surface area contributed by atoms with Crippen LogP contribution in [0.3, 0.4) is 0 Å². The van der Waals surface area contributed by atoms with Crippen LogP contribution in [0.4, 0.5) is 0 Å². The Morgan fingerprint density at radius 2 is 1.38 bits per heavy atom. The lowest BCUT2D eigenvalue weighted by atomic mass is 10.1. The highest BCUT2D eigenvalue weighted by molar-refractivity contribution is 14.1. The maximum atomic E-state index is 5.28. The van der Waals surface area contributed by atoms with E-state index in [1.165, 1.54) is 0 Å². The Kier molecular flexibility index (Phi) is 4.75. The van der Waals surface area contributed by atoms with E-state index in [2.05, 4.69) is 59.0 Å². The summed E-state index contributed by atoms with van der Waals surface area (Å²) in [6.07, 6.45) is 0. The van der Waals surface area contributed by atoms with Crippen LogP contribution in [0.1, 0.15) is 0 Å². The molecule has 0 N–H and O–H groups in total. The monoisotopic (exact) mass is 452 g/mol. The maximum Gasteiger partial charge on any atom is 0.118 e. The van der Waals surface area contributed by atoms with Gasteiger partial charge in [-0.3, -0.25) is 0 Å². The first-order valence-corrected chi connectivity index (χ1v) is 9.39. The van der Waals surface area contributed by atoms with Gasteiger partial charge in [-0.05, 0) is 59.0 Å². The SMILES string of the molecule is COc1ccc(-c2nn(-c3ccccc3)c(-c3ccccc3)c2I)cc1. The van der Waals surface area contributed by atoms with Crippen molar-refractivity contribution in [3.05, 3.63) is 88.5 Å². The van der Waals surface area contributed by atoms with Crippen molar-refractivity contribution in [2.75, 3.05) is 7.11 Å². The Morgan fingerprint density at radius 3 is 2.00 bits per heavy atom. The molecule has 4 rings (SSSR count). The molecule has 4 heteroatoms. The molecule has 0 amide bonds. The van der Waals surface area contributed by atoms with Crippen molar-refractivity contribution in [2.24, 2.45) is 0 Å². The van der Waals surface area contributed by atoms with E-state index >= 15 is 0 Å². The second-order valence-corrected chi connectivity index (χ2v) is 6.93. The van der Waals surface area contributed by atoms with Gasteiger partial charge < -0.3 is 4.74 Å². The molecule has 26 heavy (non-hydrogen) atoms. The highest BCUT2D eigenvalue weighted by Crippen LogP contribution is 2.35. The number of hydrogen-bond acceptors (Lipinski definition) is 2. The quantitative estimate of drug-likeness (QED) is 0.365. The standard InChI is InChI=1S/C22H17IN2O/c1-26-19-14-12-16(13-15-19)21-20(23)22(17-8-4-2-5-9-17)25(24-21)18-10-6-3-7-11-18/h2-15H,1H3. The van der Waals surface area contributed by atoms with Gasteiger partial charge in [0.2, 0.25) is 0 Å². The molecule has 128 valence electrons. The zero-order valence-electron chi connectivity index (χ0n) is 14.3. The van der Waals surface area contributed by atoms with E-state index in [0.717, 1.165) is 37.5 Å². The number of methoxy groups -OCH3 is 1. The summed E-state index contributed by atoms with van der Waals surface area (Å²) in [5.41, 5.74) is 5.33. The van der Waals surface area contributed by atoms with Crippen molar-refractivity contribution >= 4 is 22.6 Å². The van der Waals surface area contributed by atoms with Crippen LogP contribution in [-0.4, -0.2) is 16.9 Å². The van der Waals surface area contributed by atoms with E-state index in [1.807, 2.05) is 53.2 Å². The Labute approximate surface area is 166 Å². The van der Waals surface area contributed by atoms with Crippen LogP contribution in [0.25, 0.3) is 28.2 Å². The summed E-state index contributed by atoms with van der Waals surface area (Å²) in [6.45, 7) is 0. The fraction of sp³-hybridized carbons (Fsp3) is 0.0455. The molecule has 0 aliphatic rings. The molecule has 0 saturated heterocycles. The first-order valence-electron chi connectivity index (χ1n) is 8.31. The van der Waals surface area contributed by atoms with Crippen molar-refractivity contribution in [3.8, 4) is 34.0 Å². The van der Waals surface area contributed by atoms with Gasteiger partial charge in [0.05, 0.1) is 22.1 Å². The van der Waals surface area contributed by atoms with E-state index in [1.54, 1.807) is 7.11 Å². The minimum atomic E-state index is 0.842. The summed E-state index contributed by atoms with van der Waals surface area (Å²) < 4.78 is 8.43. The summed E-state index contributed by atoms with van der Waals surface area (Å²) in [6, 6.07) is 28.7. The molecule has 0 radical (unpaired) electrons. The highest BCUT2D eigenvalue weighted by Gasteiger charge is 2.19. The molecule has 0 fully saturated rings. The zero-order chi connectivity index (χ0) is 17.9. The Balaban J connectivity index is 1.93. The topological polar surface area (TPSA) is 27.1 Å². The normalized spacial score (nSPS) is 10.7. The second kappa shape index (κ2) is 7.33. The molecule has 0 saturated carbocycles. The molecule has 0 atom stereocenters. The first kappa shape index (κ1) is 16.8. The summed E-state index contributed by atoms with van der Waals surface area (Å²) in [7, 11) is 1.68. The average Bonchev–Trinajstić information content (AvgIpc) is 3.06. The summed E-state index contributed by atoms with van der Waals surface area (Å²) in [5, 5.41) is 4.95. The van der Waals surface area contributed by atoms with E-state index in [9.17, 15) is 0 Å². The number of ether oxygens (including phenoxy) is 1. The van der Waals surface area contributed by atoms with Crippen molar-refractivity contribution in [1.29, 1.82) is 0 Å². The zero-order valence-corrected chi connectivity index (χ0v) is 16.4. The lowest BCUT2D eigenvalue weighted by Crippen LogP contribution is -1.99. The number of para-hydroxylation sites is 1. The Hall–Kier alpha value is -2.60. The third kappa shape index (κ3) is 3.12. The van der Waals surface area contributed by atoms with Crippen molar-refractivity contribution in [2.45, 2.75) is 0 Å². The lowest BCUT2D eigenvalue weighted by molar-refractivity contribution is 0.415. The molecule has 3 nitrogen and oxygen atoms in total. The minimum absolute atomic E-state index is 0.842. The number of aromatic nitrogens is 2. The van der Waals surface area contributed by atoms with Crippen LogP contribution in [0.15, 0.2) is 84.9 Å². The van der Waals surface area contributed by atoms with Crippen LogP contribution in [-0.2, 0) is 0 Å². The van der Waals surface area contributed by atoms with Gasteiger partial charge in [0.25, 0.3) is 0 Å². The third-order valence-electron chi connectivity index (χ3n) is 4.24. The molecule has 4 aromatic rings. The van der Waals surface area contributed by atoms with Gasteiger partial charge in [0.1, 0.15) is 11.4 Å². The van der Waals surface area contributed by atoms with Gasteiger partial charge in [-0.25, -0.2) is 4.68 Å². The number of rotatable bonds is 4. The molecular formula is C22H17IN2O. The third-order valence-corrected chi connectivity index (χ3v) is 5.26. The predicted molar refractivity (Wildman–Crippen MR) is 114 cm³/mol. The molecule has 1 heterocycles. The van der Waals surface area contributed by atoms with Crippen LogP contribution in [0.5, 0.6) is 5.75 Å². The molecule has 0 spiro atoms. The maximum absolute atomic E-state index is 5.28. The second-order valence-electron chi connectivity index (χ2n) is 5.85.